The summed E-state index contributed by atoms with van der Waals surface area (Å²) >= 11 is 0. The summed E-state index contributed by atoms with van der Waals surface area (Å²) in [7, 11) is 0. The average molecular weight is 222 g/mol. The molecule has 0 aliphatic carbocycles. The third-order valence-electron chi connectivity index (χ3n) is 2.35. The summed E-state index contributed by atoms with van der Waals surface area (Å²) in [4.78, 5) is 11.5. The Kier molecular flexibility index (Phi) is 4.17. The van der Waals surface area contributed by atoms with E-state index in [0.717, 1.165) is 5.56 Å². The minimum atomic E-state index is -0.513. The molecule has 0 bridgehead atoms. The van der Waals surface area contributed by atoms with Crippen molar-refractivity contribution >= 4 is 11.6 Å². The Morgan fingerprint density at radius 3 is 2.88 bits per heavy atom. The van der Waals surface area contributed by atoms with E-state index in [9.17, 15) is 4.79 Å². The summed E-state index contributed by atoms with van der Waals surface area (Å²) in [5, 5.41) is 2.70. The van der Waals surface area contributed by atoms with Crippen LogP contribution in [0.15, 0.2) is 18.2 Å². The first-order valence-corrected chi connectivity index (χ1v) is 5.35. The SMILES string of the molecule is CCNC(=O)C(C)Oc1cccc(N)c1C. The molecule has 0 spiro atoms. The smallest absolute Gasteiger partial charge is 0.260 e. The van der Waals surface area contributed by atoms with Crippen molar-refractivity contribution in [3.05, 3.63) is 23.8 Å². The normalized spacial score (nSPS) is 11.9. The number of nitrogen functional groups attached to an aromatic ring is 1. The van der Waals surface area contributed by atoms with Crippen LogP contribution in [0.4, 0.5) is 5.69 Å². The van der Waals surface area contributed by atoms with E-state index in [1.54, 1.807) is 19.1 Å². The topological polar surface area (TPSA) is 64.3 Å². The number of nitrogens with one attached hydrogen (secondary N) is 1. The average Bonchev–Trinajstić information content (AvgIpc) is 2.25. The van der Waals surface area contributed by atoms with E-state index >= 15 is 0 Å². The Hall–Kier alpha value is -1.71. The Balaban J connectivity index is 2.73. The van der Waals surface area contributed by atoms with Crippen molar-refractivity contribution in [2.75, 3.05) is 12.3 Å². The second-order valence-corrected chi connectivity index (χ2v) is 3.63. The molecular weight excluding hydrogens is 204 g/mol. The van der Waals surface area contributed by atoms with Gasteiger partial charge in [0.25, 0.3) is 5.91 Å². The molecule has 0 aliphatic rings. The van der Waals surface area contributed by atoms with Gasteiger partial charge in [-0.3, -0.25) is 4.79 Å². The van der Waals surface area contributed by atoms with E-state index in [0.29, 0.717) is 18.0 Å². The first-order valence-electron chi connectivity index (χ1n) is 5.35. The lowest BCUT2D eigenvalue weighted by molar-refractivity contribution is -0.127. The fraction of sp³-hybridized carbons (Fsp3) is 0.417. The third kappa shape index (κ3) is 2.89. The van der Waals surface area contributed by atoms with Gasteiger partial charge >= 0.3 is 0 Å². The molecule has 0 fully saturated rings. The van der Waals surface area contributed by atoms with Crippen molar-refractivity contribution < 1.29 is 9.53 Å². The highest BCUT2D eigenvalue weighted by molar-refractivity contribution is 5.80. The fourth-order valence-electron chi connectivity index (χ4n) is 1.32. The van der Waals surface area contributed by atoms with Gasteiger partial charge in [-0.2, -0.15) is 0 Å². The molecule has 1 atom stereocenters. The molecule has 1 unspecified atom stereocenters. The Morgan fingerprint density at radius 1 is 1.56 bits per heavy atom. The predicted octanol–water partition coefficient (Wildman–Crippen LogP) is 1.48. The largest absolute Gasteiger partial charge is 0.481 e. The Morgan fingerprint density at radius 2 is 2.25 bits per heavy atom. The molecule has 0 saturated carbocycles. The standard InChI is InChI=1S/C12H18N2O2/c1-4-14-12(15)9(3)16-11-7-5-6-10(13)8(11)2/h5-7,9H,4,13H2,1-3H3,(H,14,15). The molecule has 1 amide bonds. The van der Waals surface area contributed by atoms with Crippen molar-refractivity contribution in [3.63, 3.8) is 0 Å². The van der Waals surface area contributed by atoms with E-state index in [1.165, 1.54) is 0 Å². The first-order chi connectivity index (χ1) is 7.56. The minimum absolute atomic E-state index is 0.121. The van der Waals surface area contributed by atoms with Gasteiger partial charge < -0.3 is 15.8 Å². The molecule has 4 heteroatoms. The summed E-state index contributed by atoms with van der Waals surface area (Å²) in [6, 6.07) is 5.42. The van der Waals surface area contributed by atoms with Gasteiger partial charge in [-0.1, -0.05) is 6.07 Å². The monoisotopic (exact) mass is 222 g/mol. The lowest BCUT2D eigenvalue weighted by Crippen LogP contribution is -2.36. The van der Waals surface area contributed by atoms with Crippen LogP contribution in [0, 0.1) is 6.92 Å². The molecular formula is C12H18N2O2. The highest BCUT2D eigenvalue weighted by Crippen LogP contribution is 2.23. The van der Waals surface area contributed by atoms with Gasteiger partial charge in [-0.05, 0) is 32.9 Å². The zero-order valence-corrected chi connectivity index (χ0v) is 9.91. The van der Waals surface area contributed by atoms with Gasteiger partial charge in [0.05, 0.1) is 0 Å². The van der Waals surface area contributed by atoms with E-state index < -0.39 is 6.10 Å². The van der Waals surface area contributed by atoms with Crippen LogP contribution in [-0.2, 0) is 4.79 Å². The molecule has 1 aromatic rings. The lowest BCUT2D eigenvalue weighted by atomic mass is 10.2. The number of carbonyl (C=O) groups excluding carboxylic acids is 1. The van der Waals surface area contributed by atoms with Crippen molar-refractivity contribution in [1.29, 1.82) is 0 Å². The molecule has 1 rings (SSSR count). The summed E-state index contributed by atoms with van der Waals surface area (Å²) < 4.78 is 5.55. The number of hydrogen-bond acceptors (Lipinski definition) is 3. The van der Waals surface area contributed by atoms with Crippen molar-refractivity contribution in [2.24, 2.45) is 0 Å². The maximum Gasteiger partial charge on any atom is 0.260 e. The van der Waals surface area contributed by atoms with Crippen molar-refractivity contribution in [3.8, 4) is 5.75 Å². The highest BCUT2D eigenvalue weighted by Gasteiger charge is 2.14. The van der Waals surface area contributed by atoms with Gasteiger partial charge in [-0.15, -0.1) is 0 Å². The molecule has 0 saturated heterocycles. The van der Waals surface area contributed by atoms with E-state index in [1.807, 2.05) is 19.9 Å². The number of ether oxygens (including phenoxy) is 1. The summed E-state index contributed by atoms with van der Waals surface area (Å²) in [5.74, 6) is 0.531. The van der Waals surface area contributed by atoms with Crippen LogP contribution in [0.5, 0.6) is 5.75 Å². The molecule has 16 heavy (non-hydrogen) atoms. The Labute approximate surface area is 95.8 Å². The van der Waals surface area contributed by atoms with E-state index in [-0.39, 0.29) is 5.91 Å². The summed E-state index contributed by atoms with van der Waals surface area (Å²) in [5.41, 5.74) is 7.28. The first kappa shape index (κ1) is 12.4. The number of carbonyl (C=O) groups is 1. The van der Waals surface area contributed by atoms with E-state index in [4.69, 9.17) is 10.5 Å². The van der Waals surface area contributed by atoms with Crippen LogP contribution in [0.3, 0.4) is 0 Å². The number of hydrogen-bond donors (Lipinski definition) is 2. The maximum atomic E-state index is 11.5. The van der Waals surface area contributed by atoms with Gasteiger partial charge in [0, 0.05) is 17.8 Å². The van der Waals surface area contributed by atoms with Crippen molar-refractivity contribution in [2.45, 2.75) is 26.9 Å². The molecule has 0 radical (unpaired) electrons. The lowest BCUT2D eigenvalue weighted by Gasteiger charge is -2.16. The van der Waals surface area contributed by atoms with Gasteiger partial charge in [0.2, 0.25) is 0 Å². The second-order valence-electron chi connectivity index (χ2n) is 3.63. The second kappa shape index (κ2) is 5.39. The zero-order valence-electron chi connectivity index (χ0n) is 9.91. The summed E-state index contributed by atoms with van der Waals surface area (Å²) in [6.45, 7) is 6.06. The number of likely N-dealkylation sites (N-methyl/N-ethyl adjacent to an activating group) is 1. The van der Waals surface area contributed by atoms with Crippen LogP contribution in [-0.4, -0.2) is 18.6 Å². The molecule has 1 aromatic carbocycles. The van der Waals surface area contributed by atoms with Crippen molar-refractivity contribution in [1.82, 2.24) is 5.32 Å². The maximum absolute atomic E-state index is 11.5. The number of amides is 1. The molecule has 0 heterocycles. The molecule has 4 nitrogen and oxygen atoms in total. The molecule has 0 aromatic heterocycles. The third-order valence-corrected chi connectivity index (χ3v) is 2.35. The highest BCUT2D eigenvalue weighted by atomic mass is 16.5. The number of rotatable bonds is 4. The molecule has 3 N–H and O–H groups in total. The Bertz CT molecular complexity index is 377. The number of anilines is 1. The molecule has 88 valence electrons. The molecule has 0 aliphatic heterocycles. The number of benzene rings is 1. The summed E-state index contributed by atoms with van der Waals surface area (Å²) in [6.07, 6.45) is -0.513. The quantitative estimate of drug-likeness (QED) is 0.758. The van der Waals surface area contributed by atoms with Gasteiger partial charge in [0.1, 0.15) is 5.75 Å². The van der Waals surface area contributed by atoms with Gasteiger partial charge in [0.15, 0.2) is 6.10 Å². The van der Waals surface area contributed by atoms with Gasteiger partial charge in [-0.25, -0.2) is 0 Å². The van der Waals surface area contributed by atoms with Crippen LogP contribution in [0.25, 0.3) is 0 Å². The predicted molar refractivity (Wildman–Crippen MR) is 64.4 cm³/mol. The zero-order chi connectivity index (χ0) is 12.1. The minimum Gasteiger partial charge on any atom is -0.481 e. The van der Waals surface area contributed by atoms with E-state index in [2.05, 4.69) is 5.32 Å². The van der Waals surface area contributed by atoms with Crippen LogP contribution in [0.1, 0.15) is 19.4 Å². The van der Waals surface area contributed by atoms with Crippen LogP contribution < -0.4 is 15.8 Å². The van der Waals surface area contributed by atoms with Crippen LogP contribution in [0.2, 0.25) is 0 Å². The number of nitrogens with two attached hydrogens (primary N) is 1. The fourth-order valence-corrected chi connectivity index (χ4v) is 1.32. The van der Waals surface area contributed by atoms with Crippen LogP contribution >= 0.6 is 0 Å².